The van der Waals surface area contributed by atoms with Crippen molar-refractivity contribution in [2.75, 3.05) is 6.61 Å². The normalized spacial score (nSPS) is 11.6. The fraction of sp³-hybridized carbons (Fsp3) is 0.333. The highest BCUT2D eigenvalue weighted by molar-refractivity contribution is 5.78. The Hall–Kier alpha value is -2.82. The summed E-state index contributed by atoms with van der Waals surface area (Å²) < 4.78 is 5.40. The number of hydrogen-bond acceptors (Lipinski definition) is 3. The van der Waals surface area contributed by atoms with Gasteiger partial charge in [0.1, 0.15) is 5.75 Å². The summed E-state index contributed by atoms with van der Waals surface area (Å²) in [5.41, 5.74) is 2.84. The molecule has 0 heterocycles. The van der Waals surface area contributed by atoms with Crippen LogP contribution in [0.4, 0.5) is 0 Å². The number of benzene rings is 2. The number of carboxylic acids is 1. The van der Waals surface area contributed by atoms with E-state index in [2.05, 4.69) is 5.32 Å². The highest BCUT2D eigenvalue weighted by Crippen LogP contribution is 2.21. The highest BCUT2D eigenvalue weighted by atomic mass is 16.5. The van der Waals surface area contributed by atoms with Crippen LogP contribution in [-0.4, -0.2) is 23.6 Å². The first-order chi connectivity index (χ1) is 12.5. The minimum Gasteiger partial charge on any atom is -0.494 e. The molecule has 0 spiro atoms. The zero-order valence-electron chi connectivity index (χ0n) is 15.2. The summed E-state index contributed by atoms with van der Waals surface area (Å²) in [6.07, 6.45) is 0.751. The SMILES string of the molecule is CCOc1ccc(CCC(=O)NC(CC(=O)O)c2ccccc2C)cc1. The number of carboxylic acid groups (broad SMARTS) is 1. The van der Waals surface area contributed by atoms with Crippen molar-refractivity contribution >= 4 is 11.9 Å². The zero-order chi connectivity index (χ0) is 18.9. The first-order valence-corrected chi connectivity index (χ1v) is 8.78. The maximum Gasteiger partial charge on any atom is 0.305 e. The highest BCUT2D eigenvalue weighted by Gasteiger charge is 2.19. The van der Waals surface area contributed by atoms with Gasteiger partial charge in [0.15, 0.2) is 0 Å². The van der Waals surface area contributed by atoms with Gasteiger partial charge in [-0.05, 0) is 49.1 Å². The molecule has 0 aromatic heterocycles. The molecule has 138 valence electrons. The molecule has 5 heteroatoms. The molecule has 0 fully saturated rings. The minimum absolute atomic E-state index is 0.139. The average Bonchev–Trinajstić information content (AvgIpc) is 2.61. The quantitative estimate of drug-likeness (QED) is 0.720. The Balaban J connectivity index is 1.96. The van der Waals surface area contributed by atoms with Crippen molar-refractivity contribution in [3.05, 3.63) is 65.2 Å². The van der Waals surface area contributed by atoms with Gasteiger partial charge in [0, 0.05) is 6.42 Å². The molecule has 0 aliphatic rings. The summed E-state index contributed by atoms with van der Waals surface area (Å²) >= 11 is 0. The average molecular weight is 355 g/mol. The Kier molecular flexibility index (Phi) is 7.21. The summed E-state index contributed by atoms with van der Waals surface area (Å²) in [5.74, 6) is -0.291. The minimum atomic E-state index is -0.940. The molecule has 1 amide bonds. The van der Waals surface area contributed by atoms with Crippen molar-refractivity contribution < 1.29 is 19.4 Å². The lowest BCUT2D eigenvalue weighted by atomic mass is 9.98. The predicted octanol–water partition coefficient (Wildman–Crippen LogP) is 3.66. The molecule has 0 aliphatic carbocycles. The van der Waals surface area contributed by atoms with Gasteiger partial charge in [-0.1, -0.05) is 36.4 Å². The third-order valence-corrected chi connectivity index (χ3v) is 4.15. The topological polar surface area (TPSA) is 75.6 Å². The molecule has 2 aromatic rings. The second kappa shape index (κ2) is 9.61. The lowest BCUT2D eigenvalue weighted by Crippen LogP contribution is -2.30. The molecule has 2 rings (SSSR count). The number of aliphatic carboxylic acids is 1. The number of ether oxygens (including phenoxy) is 1. The molecule has 1 atom stereocenters. The van der Waals surface area contributed by atoms with Crippen LogP contribution < -0.4 is 10.1 Å². The molecule has 26 heavy (non-hydrogen) atoms. The van der Waals surface area contributed by atoms with Crippen molar-refractivity contribution in [1.29, 1.82) is 0 Å². The molecule has 2 aromatic carbocycles. The van der Waals surface area contributed by atoms with Crippen molar-refractivity contribution in [2.24, 2.45) is 0 Å². The van der Waals surface area contributed by atoms with Crippen LogP contribution >= 0.6 is 0 Å². The zero-order valence-corrected chi connectivity index (χ0v) is 15.2. The molecular weight excluding hydrogens is 330 g/mol. The Morgan fingerprint density at radius 1 is 1.12 bits per heavy atom. The number of carbonyl (C=O) groups excluding carboxylic acids is 1. The summed E-state index contributed by atoms with van der Waals surface area (Å²) in [7, 11) is 0. The van der Waals surface area contributed by atoms with E-state index in [1.165, 1.54) is 0 Å². The lowest BCUT2D eigenvalue weighted by Gasteiger charge is -2.19. The van der Waals surface area contributed by atoms with Gasteiger partial charge in [0.25, 0.3) is 0 Å². The van der Waals surface area contributed by atoms with Gasteiger partial charge in [0.2, 0.25) is 5.91 Å². The van der Waals surface area contributed by atoms with Crippen LogP contribution in [0.25, 0.3) is 0 Å². The third kappa shape index (κ3) is 5.92. The van der Waals surface area contributed by atoms with Crippen LogP contribution in [0, 0.1) is 6.92 Å². The van der Waals surface area contributed by atoms with Gasteiger partial charge < -0.3 is 15.2 Å². The van der Waals surface area contributed by atoms with E-state index in [0.717, 1.165) is 22.4 Å². The first-order valence-electron chi connectivity index (χ1n) is 8.78. The van der Waals surface area contributed by atoms with Crippen molar-refractivity contribution in [3.8, 4) is 5.75 Å². The summed E-state index contributed by atoms with van der Waals surface area (Å²) in [6.45, 7) is 4.46. The molecule has 0 radical (unpaired) electrons. The number of nitrogens with one attached hydrogen (secondary N) is 1. The van der Waals surface area contributed by atoms with E-state index in [-0.39, 0.29) is 12.3 Å². The van der Waals surface area contributed by atoms with Crippen LogP contribution in [0.2, 0.25) is 0 Å². The van der Waals surface area contributed by atoms with Gasteiger partial charge in [-0.2, -0.15) is 0 Å². The van der Waals surface area contributed by atoms with E-state index in [9.17, 15) is 9.59 Å². The lowest BCUT2D eigenvalue weighted by molar-refractivity contribution is -0.137. The Morgan fingerprint density at radius 2 is 1.81 bits per heavy atom. The molecule has 5 nitrogen and oxygen atoms in total. The fourth-order valence-corrected chi connectivity index (χ4v) is 2.83. The van der Waals surface area contributed by atoms with E-state index in [4.69, 9.17) is 9.84 Å². The van der Waals surface area contributed by atoms with Crippen LogP contribution in [0.1, 0.15) is 42.5 Å². The van der Waals surface area contributed by atoms with E-state index >= 15 is 0 Å². The smallest absolute Gasteiger partial charge is 0.305 e. The summed E-state index contributed by atoms with van der Waals surface area (Å²) in [4.78, 5) is 23.5. The second-order valence-electron chi connectivity index (χ2n) is 6.15. The summed E-state index contributed by atoms with van der Waals surface area (Å²) in [6, 6.07) is 14.6. The van der Waals surface area contributed by atoms with Crippen LogP contribution in [0.15, 0.2) is 48.5 Å². The Morgan fingerprint density at radius 3 is 2.42 bits per heavy atom. The molecule has 0 saturated carbocycles. The Labute approximate surface area is 154 Å². The standard InChI is InChI=1S/C21H25NO4/c1-3-26-17-11-8-16(9-12-17)10-13-20(23)22-19(14-21(24)25)18-7-5-4-6-15(18)2/h4-9,11-12,19H,3,10,13-14H2,1-2H3,(H,22,23)(H,24,25). The van der Waals surface area contributed by atoms with Crippen molar-refractivity contribution in [3.63, 3.8) is 0 Å². The molecule has 1 unspecified atom stereocenters. The summed E-state index contributed by atoms with van der Waals surface area (Å²) in [5, 5.41) is 12.0. The Bertz CT molecular complexity index is 740. The maximum absolute atomic E-state index is 12.3. The van der Waals surface area contributed by atoms with Gasteiger partial charge >= 0.3 is 5.97 Å². The monoisotopic (exact) mass is 355 g/mol. The van der Waals surface area contributed by atoms with E-state index in [1.807, 2.05) is 62.4 Å². The molecule has 0 bridgehead atoms. The first kappa shape index (κ1) is 19.5. The third-order valence-electron chi connectivity index (χ3n) is 4.15. The fourth-order valence-electron chi connectivity index (χ4n) is 2.83. The molecular formula is C21H25NO4. The van der Waals surface area contributed by atoms with Gasteiger partial charge in [-0.3, -0.25) is 9.59 Å². The predicted molar refractivity (Wildman–Crippen MR) is 100 cm³/mol. The number of hydrogen-bond donors (Lipinski definition) is 2. The van der Waals surface area contributed by atoms with Gasteiger partial charge in [-0.15, -0.1) is 0 Å². The van der Waals surface area contributed by atoms with E-state index < -0.39 is 12.0 Å². The van der Waals surface area contributed by atoms with Crippen molar-refractivity contribution in [2.45, 2.75) is 39.2 Å². The number of carbonyl (C=O) groups is 2. The maximum atomic E-state index is 12.3. The molecule has 0 aliphatic heterocycles. The van der Waals surface area contributed by atoms with Crippen LogP contribution in [0.5, 0.6) is 5.75 Å². The van der Waals surface area contributed by atoms with E-state index in [1.54, 1.807) is 0 Å². The van der Waals surface area contributed by atoms with Crippen LogP contribution in [0.3, 0.4) is 0 Å². The number of rotatable bonds is 9. The second-order valence-corrected chi connectivity index (χ2v) is 6.15. The number of amides is 1. The molecule has 0 saturated heterocycles. The number of aryl methyl sites for hydroxylation is 2. The van der Waals surface area contributed by atoms with Gasteiger partial charge in [-0.25, -0.2) is 0 Å². The van der Waals surface area contributed by atoms with Crippen LogP contribution in [-0.2, 0) is 16.0 Å². The van der Waals surface area contributed by atoms with E-state index in [0.29, 0.717) is 19.4 Å². The van der Waals surface area contributed by atoms with Gasteiger partial charge in [0.05, 0.1) is 19.1 Å². The molecule has 2 N–H and O–H groups in total. The van der Waals surface area contributed by atoms with Crippen molar-refractivity contribution in [1.82, 2.24) is 5.32 Å². The largest absolute Gasteiger partial charge is 0.494 e.